The van der Waals surface area contributed by atoms with Crippen LogP contribution >= 0.6 is 0 Å². The molecule has 0 spiro atoms. The average Bonchev–Trinajstić information content (AvgIpc) is 2.76. The summed E-state index contributed by atoms with van der Waals surface area (Å²) in [7, 11) is 0. The van der Waals surface area contributed by atoms with E-state index in [9.17, 15) is 4.79 Å². The molecule has 84 valence electrons. The molecular weight excluding hydrogens is 198 g/mol. The van der Waals surface area contributed by atoms with Crippen LogP contribution in [0.15, 0.2) is 29.3 Å². The van der Waals surface area contributed by atoms with Crippen molar-refractivity contribution in [2.75, 3.05) is 6.54 Å². The molecule has 0 radical (unpaired) electrons. The zero-order valence-corrected chi connectivity index (χ0v) is 9.70. The van der Waals surface area contributed by atoms with Gasteiger partial charge in [0, 0.05) is 5.41 Å². The molecule has 0 unspecified atom stereocenters. The summed E-state index contributed by atoms with van der Waals surface area (Å²) in [5.74, 6) is 0. The van der Waals surface area contributed by atoms with Crippen molar-refractivity contribution < 1.29 is 4.79 Å². The molecular formula is C14H17NO. The summed E-state index contributed by atoms with van der Waals surface area (Å²) < 4.78 is 0. The number of hydrogen-bond donors (Lipinski definition) is 0. The minimum atomic E-state index is 0.101. The highest BCUT2D eigenvalue weighted by Crippen LogP contribution is 2.41. The van der Waals surface area contributed by atoms with E-state index in [0.717, 1.165) is 12.8 Å². The molecule has 1 fully saturated rings. The fraction of sp³-hybridized carbons (Fsp3) is 0.500. The third-order valence-electron chi connectivity index (χ3n) is 3.64. The minimum Gasteiger partial charge on any atom is -0.211 e. The first kappa shape index (κ1) is 11.1. The highest BCUT2D eigenvalue weighted by molar-refractivity contribution is 5.36. The summed E-state index contributed by atoms with van der Waals surface area (Å²) in [5, 5.41) is 0. The second kappa shape index (κ2) is 4.63. The van der Waals surface area contributed by atoms with Gasteiger partial charge in [-0.15, -0.1) is 0 Å². The lowest BCUT2D eigenvalue weighted by Gasteiger charge is -2.27. The summed E-state index contributed by atoms with van der Waals surface area (Å²) in [4.78, 5) is 14.1. The largest absolute Gasteiger partial charge is 0.234 e. The molecule has 0 amide bonds. The summed E-state index contributed by atoms with van der Waals surface area (Å²) in [5.41, 5.74) is 2.71. The zero-order chi connectivity index (χ0) is 11.4. The summed E-state index contributed by atoms with van der Waals surface area (Å²) >= 11 is 0. The van der Waals surface area contributed by atoms with Gasteiger partial charge in [-0.05, 0) is 25.3 Å². The molecule has 1 saturated carbocycles. The third kappa shape index (κ3) is 2.07. The van der Waals surface area contributed by atoms with Crippen molar-refractivity contribution in [3.05, 3.63) is 35.4 Å². The van der Waals surface area contributed by atoms with E-state index in [2.05, 4.69) is 36.2 Å². The van der Waals surface area contributed by atoms with Crippen molar-refractivity contribution in [2.24, 2.45) is 4.99 Å². The molecule has 0 aliphatic heterocycles. The Labute approximate surface area is 96.4 Å². The minimum absolute atomic E-state index is 0.101. The van der Waals surface area contributed by atoms with Crippen molar-refractivity contribution in [1.82, 2.24) is 0 Å². The molecule has 1 aromatic carbocycles. The van der Waals surface area contributed by atoms with E-state index in [-0.39, 0.29) is 5.41 Å². The molecule has 0 aromatic heterocycles. The van der Waals surface area contributed by atoms with Gasteiger partial charge in [-0.25, -0.2) is 9.79 Å². The summed E-state index contributed by atoms with van der Waals surface area (Å²) in [6.45, 7) is 2.70. The van der Waals surface area contributed by atoms with Crippen LogP contribution < -0.4 is 0 Å². The number of rotatable bonds is 3. The van der Waals surface area contributed by atoms with Crippen LogP contribution in [0.3, 0.4) is 0 Å². The van der Waals surface area contributed by atoms with Crippen LogP contribution in [-0.2, 0) is 10.2 Å². The number of aliphatic imine (C=N–C) groups is 1. The Balaban J connectivity index is 2.35. The molecule has 1 aromatic rings. The van der Waals surface area contributed by atoms with E-state index in [4.69, 9.17) is 0 Å². The van der Waals surface area contributed by atoms with Crippen LogP contribution in [-0.4, -0.2) is 12.6 Å². The van der Waals surface area contributed by atoms with E-state index in [0.29, 0.717) is 6.54 Å². The smallest absolute Gasteiger partial charge is 0.211 e. The van der Waals surface area contributed by atoms with E-state index >= 15 is 0 Å². The van der Waals surface area contributed by atoms with Crippen LogP contribution in [0.5, 0.6) is 0 Å². The second-order valence-electron chi connectivity index (χ2n) is 4.76. The monoisotopic (exact) mass is 215 g/mol. The highest BCUT2D eigenvalue weighted by atomic mass is 16.1. The van der Waals surface area contributed by atoms with Crippen molar-refractivity contribution in [2.45, 2.75) is 38.0 Å². The quantitative estimate of drug-likeness (QED) is 0.562. The van der Waals surface area contributed by atoms with Gasteiger partial charge >= 0.3 is 0 Å². The van der Waals surface area contributed by atoms with Gasteiger partial charge < -0.3 is 0 Å². The third-order valence-corrected chi connectivity index (χ3v) is 3.64. The predicted molar refractivity (Wildman–Crippen MR) is 64.3 cm³/mol. The normalized spacial score (nSPS) is 18.1. The van der Waals surface area contributed by atoms with Gasteiger partial charge in [-0.2, -0.15) is 0 Å². The number of hydrogen-bond acceptors (Lipinski definition) is 2. The Kier molecular flexibility index (Phi) is 3.21. The Morgan fingerprint density at radius 1 is 1.38 bits per heavy atom. The zero-order valence-electron chi connectivity index (χ0n) is 9.70. The number of aryl methyl sites for hydroxylation is 1. The van der Waals surface area contributed by atoms with Gasteiger partial charge in [0.2, 0.25) is 6.08 Å². The van der Waals surface area contributed by atoms with Crippen LogP contribution in [0, 0.1) is 6.92 Å². The fourth-order valence-corrected chi connectivity index (χ4v) is 2.75. The van der Waals surface area contributed by atoms with Crippen LogP contribution in [0.1, 0.15) is 36.8 Å². The topological polar surface area (TPSA) is 29.4 Å². The number of nitrogens with zero attached hydrogens (tertiary/aromatic N) is 1. The molecule has 2 nitrogen and oxygen atoms in total. The molecule has 2 heteroatoms. The van der Waals surface area contributed by atoms with Crippen LogP contribution in [0.25, 0.3) is 0 Å². The SMILES string of the molecule is Cc1cccc(C2(CN=C=O)CCCC2)c1. The standard InChI is InChI=1S/C14H17NO/c1-12-5-4-6-13(9-12)14(10-15-11-16)7-2-3-8-14/h4-6,9H,2-3,7-8,10H2,1H3. The maximum atomic E-state index is 10.3. The number of benzene rings is 1. The van der Waals surface area contributed by atoms with Crippen molar-refractivity contribution in [3.63, 3.8) is 0 Å². The van der Waals surface area contributed by atoms with Gasteiger partial charge in [-0.1, -0.05) is 42.7 Å². The highest BCUT2D eigenvalue weighted by Gasteiger charge is 2.35. The summed E-state index contributed by atoms with van der Waals surface area (Å²) in [6, 6.07) is 8.59. The van der Waals surface area contributed by atoms with E-state index in [1.54, 1.807) is 6.08 Å². The summed E-state index contributed by atoms with van der Waals surface area (Å²) in [6.07, 6.45) is 6.44. The van der Waals surface area contributed by atoms with Gasteiger partial charge in [0.25, 0.3) is 0 Å². The van der Waals surface area contributed by atoms with E-state index in [1.807, 2.05) is 0 Å². The predicted octanol–water partition coefficient (Wildman–Crippen LogP) is 3.14. The maximum Gasteiger partial charge on any atom is 0.234 e. The molecule has 0 saturated heterocycles. The lowest BCUT2D eigenvalue weighted by molar-refractivity contribution is 0.451. The van der Waals surface area contributed by atoms with Gasteiger partial charge in [0.15, 0.2) is 0 Å². The van der Waals surface area contributed by atoms with Crippen molar-refractivity contribution in [3.8, 4) is 0 Å². The van der Waals surface area contributed by atoms with Crippen LogP contribution in [0.4, 0.5) is 0 Å². The van der Waals surface area contributed by atoms with E-state index < -0.39 is 0 Å². The molecule has 2 rings (SSSR count). The van der Waals surface area contributed by atoms with Gasteiger partial charge in [-0.3, -0.25) is 0 Å². The molecule has 0 heterocycles. The molecule has 0 N–H and O–H groups in total. The molecule has 16 heavy (non-hydrogen) atoms. The Morgan fingerprint density at radius 3 is 2.75 bits per heavy atom. The van der Waals surface area contributed by atoms with Gasteiger partial charge in [0.05, 0.1) is 6.54 Å². The Hall–Kier alpha value is -1.40. The number of carbonyl (C=O) groups excluding carboxylic acids is 1. The first-order valence-electron chi connectivity index (χ1n) is 5.88. The molecule has 0 bridgehead atoms. The second-order valence-corrected chi connectivity index (χ2v) is 4.76. The Morgan fingerprint density at radius 2 is 2.12 bits per heavy atom. The average molecular weight is 215 g/mol. The molecule has 1 aliphatic carbocycles. The number of isocyanates is 1. The maximum absolute atomic E-state index is 10.3. The lowest BCUT2D eigenvalue weighted by atomic mass is 9.78. The van der Waals surface area contributed by atoms with Crippen LogP contribution in [0.2, 0.25) is 0 Å². The van der Waals surface area contributed by atoms with E-state index in [1.165, 1.54) is 24.0 Å². The Bertz CT molecular complexity index is 412. The molecule has 1 aliphatic rings. The van der Waals surface area contributed by atoms with Crippen molar-refractivity contribution in [1.29, 1.82) is 0 Å². The first-order chi connectivity index (χ1) is 7.77. The van der Waals surface area contributed by atoms with Crippen molar-refractivity contribution >= 4 is 6.08 Å². The van der Waals surface area contributed by atoms with Gasteiger partial charge in [0.1, 0.15) is 0 Å². The fourth-order valence-electron chi connectivity index (χ4n) is 2.75. The first-order valence-corrected chi connectivity index (χ1v) is 5.88. The lowest BCUT2D eigenvalue weighted by Crippen LogP contribution is -2.25. The molecule has 0 atom stereocenters.